The largest absolute Gasteiger partial charge is 0.541 e. The minimum atomic E-state index is -1.98. The molecule has 0 spiro atoms. The molecule has 2 atom stereocenters. The molecule has 3 nitrogen and oxygen atoms in total. The zero-order valence-corrected chi connectivity index (χ0v) is 20.7. The van der Waals surface area contributed by atoms with Gasteiger partial charge >= 0.3 is 0 Å². The van der Waals surface area contributed by atoms with Crippen molar-refractivity contribution >= 4 is 16.6 Å². The van der Waals surface area contributed by atoms with Gasteiger partial charge in [-0.05, 0) is 59.5 Å². The molecule has 1 aromatic carbocycles. The van der Waals surface area contributed by atoms with Gasteiger partial charge in [0, 0.05) is 0 Å². The molecule has 2 bridgehead atoms. The average molecular weight is 405 g/mol. The highest BCUT2D eigenvalue weighted by Crippen LogP contribution is 2.51. The number of rotatable bonds is 4. The SMILES string of the molecule is CC(C)(C)[Si](C)(C)Oc1cc2c(cc1O[Si](C)(C)C(C)(C)C)C1C=CC2O1. The fourth-order valence-electron chi connectivity index (χ4n) is 2.90. The summed E-state index contributed by atoms with van der Waals surface area (Å²) in [5.74, 6) is 1.80. The zero-order chi connectivity index (χ0) is 20.4. The smallest absolute Gasteiger partial charge is 0.250 e. The lowest BCUT2D eigenvalue weighted by Crippen LogP contribution is -2.45. The summed E-state index contributed by atoms with van der Waals surface area (Å²) in [5.41, 5.74) is 2.47. The van der Waals surface area contributed by atoms with Crippen LogP contribution in [0, 0.1) is 0 Å². The Morgan fingerprint density at radius 3 is 1.33 bits per heavy atom. The van der Waals surface area contributed by atoms with E-state index in [4.69, 9.17) is 13.6 Å². The predicted octanol–water partition coefficient (Wildman–Crippen LogP) is 7.14. The van der Waals surface area contributed by atoms with Crippen molar-refractivity contribution in [2.45, 2.75) is 90.0 Å². The Labute approximate surface area is 167 Å². The summed E-state index contributed by atoms with van der Waals surface area (Å²) in [4.78, 5) is 0. The first-order chi connectivity index (χ1) is 12.1. The standard InChI is InChI=1S/C22H36O3Si2/c1-21(2,3)26(7,8)24-19-13-15-16(18-12-11-17(15)23-18)14-20(19)25-27(9,10)22(4,5)6/h11-14,17-18H,1-10H3. The monoisotopic (exact) mass is 404 g/mol. The first-order valence-corrected chi connectivity index (χ1v) is 15.8. The number of hydrogen-bond donors (Lipinski definition) is 0. The van der Waals surface area contributed by atoms with Crippen LogP contribution in [-0.2, 0) is 4.74 Å². The molecule has 2 aliphatic heterocycles. The van der Waals surface area contributed by atoms with Crippen LogP contribution in [0.1, 0.15) is 64.9 Å². The lowest BCUT2D eigenvalue weighted by atomic mass is 9.96. The van der Waals surface area contributed by atoms with Crippen LogP contribution < -0.4 is 8.85 Å². The third-order valence-corrected chi connectivity index (χ3v) is 15.5. The topological polar surface area (TPSA) is 27.7 Å². The van der Waals surface area contributed by atoms with Gasteiger partial charge in [0.1, 0.15) is 23.7 Å². The molecule has 0 aliphatic carbocycles. The van der Waals surface area contributed by atoms with Gasteiger partial charge < -0.3 is 13.6 Å². The van der Waals surface area contributed by atoms with Crippen LogP contribution in [0.25, 0.3) is 0 Å². The maximum Gasteiger partial charge on any atom is 0.250 e. The van der Waals surface area contributed by atoms with Gasteiger partial charge in [0.2, 0.25) is 0 Å². The molecule has 1 aromatic rings. The Bertz CT molecular complexity index is 704. The molecular weight excluding hydrogens is 368 g/mol. The molecule has 2 heterocycles. The number of hydrogen-bond acceptors (Lipinski definition) is 3. The van der Waals surface area contributed by atoms with Crippen LogP contribution in [0.15, 0.2) is 24.3 Å². The second-order valence-corrected chi connectivity index (χ2v) is 20.5. The molecule has 5 heteroatoms. The Morgan fingerprint density at radius 1 is 0.704 bits per heavy atom. The molecule has 2 aliphatic rings. The Morgan fingerprint density at radius 2 is 1.04 bits per heavy atom. The Hall–Kier alpha value is -1.05. The van der Waals surface area contributed by atoms with E-state index in [1.165, 1.54) is 11.1 Å². The van der Waals surface area contributed by atoms with E-state index < -0.39 is 16.6 Å². The summed E-state index contributed by atoms with van der Waals surface area (Å²) in [5, 5.41) is 0.269. The van der Waals surface area contributed by atoms with Gasteiger partial charge in [-0.3, -0.25) is 0 Å². The minimum absolute atomic E-state index is 0.0636. The van der Waals surface area contributed by atoms with Gasteiger partial charge in [-0.25, -0.2) is 0 Å². The molecule has 27 heavy (non-hydrogen) atoms. The summed E-state index contributed by atoms with van der Waals surface area (Å²) in [6.45, 7) is 22.8. The molecule has 2 unspecified atom stereocenters. The third-order valence-electron chi connectivity index (χ3n) is 6.86. The van der Waals surface area contributed by atoms with E-state index in [0.717, 1.165) is 11.5 Å². The lowest BCUT2D eigenvalue weighted by molar-refractivity contribution is 0.0878. The van der Waals surface area contributed by atoms with E-state index in [1.54, 1.807) is 0 Å². The van der Waals surface area contributed by atoms with Crippen molar-refractivity contribution in [3.63, 3.8) is 0 Å². The second-order valence-electron chi connectivity index (χ2n) is 11.0. The lowest BCUT2D eigenvalue weighted by Gasteiger charge is -2.40. The fourth-order valence-corrected chi connectivity index (χ4v) is 4.94. The first kappa shape index (κ1) is 20.7. The highest BCUT2D eigenvalue weighted by molar-refractivity contribution is 6.75. The van der Waals surface area contributed by atoms with Crippen molar-refractivity contribution in [1.82, 2.24) is 0 Å². The quantitative estimate of drug-likeness (QED) is 0.394. The summed E-state index contributed by atoms with van der Waals surface area (Å²) in [7, 11) is -3.95. The van der Waals surface area contributed by atoms with Gasteiger partial charge in [0.05, 0.1) is 0 Å². The number of fused-ring (bicyclic) bond motifs is 5. The van der Waals surface area contributed by atoms with E-state index in [0.29, 0.717) is 0 Å². The van der Waals surface area contributed by atoms with Gasteiger partial charge in [-0.15, -0.1) is 0 Å². The van der Waals surface area contributed by atoms with Crippen LogP contribution in [-0.4, -0.2) is 16.6 Å². The van der Waals surface area contributed by atoms with E-state index in [9.17, 15) is 0 Å². The van der Waals surface area contributed by atoms with E-state index in [-0.39, 0.29) is 22.3 Å². The van der Waals surface area contributed by atoms with E-state index in [1.807, 2.05) is 0 Å². The molecule has 150 valence electrons. The molecule has 0 aromatic heterocycles. The van der Waals surface area contributed by atoms with Crippen molar-refractivity contribution in [1.29, 1.82) is 0 Å². The summed E-state index contributed by atoms with van der Waals surface area (Å²) in [6, 6.07) is 4.37. The maximum absolute atomic E-state index is 6.75. The van der Waals surface area contributed by atoms with Gasteiger partial charge in [-0.2, -0.15) is 0 Å². The van der Waals surface area contributed by atoms with Crippen molar-refractivity contribution in [3.8, 4) is 11.5 Å². The number of benzene rings is 1. The van der Waals surface area contributed by atoms with Crippen molar-refractivity contribution < 1.29 is 13.6 Å². The van der Waals surface area contributed by atoms with Crippen LogP contribution in [0.3, 0.4) is 0 Å². The van der Waals surface area contributed by atoms with Gasteiger partial charge in [0.15, 0.2) is 0 Å². The van der Waals surface area contributed by atoms with Crippen LogP contribution >= 0.6 is 0 Å². The van der Waals surface area contributed by atoms with Gasteiger partial charge in [0.25, 0.3) is 16.6 Å². The Kier molecular flexibility index (Phi) is 4.77. The molecule has 3 rings (SSSR count). The molecule has 0 amide bonds. The van der Waals surface area contributed by atoms with Crippen molar-refractivity contribution in [3.05, 3.63) is 35.4 Å². The molecule has 0 radical (unpaired) electrons. The van der Waals surface area contributed by atoms with Crippen LogP contribution in [0.5, 0.6) is 11.5 Å². The third kappa shape index (κ3) is 3.66. The second kappa shape index (κ2) is 6.23. The highest BCUT2D eigenvalue weighted by Gasteiger charge is 2.43. The fraction of sp³-hybridized carbons (Fsp3) is 0.636. The normalized spacial score (nSPS) is 22.1. The highest BCUT2D eigenvalue weighted by atomic mass is 28.4. The summed E-state index contributed by atoms with van der Waals surface area (Å²) in [6.07, 6.45) is 4.43. The van der Waals surface area contributed by atoms with Crippen LogP contribution in [0.4, 0.5) is 0 Å². The molecule has 0 saturated heterocycles. The predicted molar refractivity (Wildman–Crippen MR) is 118 cm³/mol. The molecule has 0 saturated carbocycles. The maximum atomic E-state index is 6.75. The minimum Gasteiger partial charge on any atom is -0.541 e. The Balaban J connectivity index is 2.05. The van der Waals surface area contributed by atoms with Crippen molar-refractivity contribution in [2.75, 3.05) is 0 Å². The van der Waals surface area contributed by atoms with Gasteiger partial charge in [-0.1, -0.05) is 53.7 Å². The van der Waals surface area contributed by atoms with Crippen molar-refractivity contribution in [2.24, 2.45) is 0 Å². The molecular formula is C22H36O3Si2. The average Bonchev–Trinajstić information content (AvgIpc) is 3.06. The number of ether oxygens (including phenoxy) is 1. The van der Waals surface area contributed by atoms with E-state index in [2.05, 4.69) is 92.0 Å². The first-order valence-electron chi connectivity index (χ1n) is 10.0. The summed E-state index contributed by atoms with van der Waals surface area (Å²) >= 11 is 0. The zero-order valence-electron chi connectivity index (χ0n) is 18.7. The molecule has 0 fully saturated rings. The van der Waals surface area contributed by atoms with E-state index >= 15 is 0 Å². The van der Waals surface area contributed by atoms with Crippen LogP contribution in [0.2, 0.25) is 36.3 Å². The summed E-state index contributed by atoms with van der Waals surface area (Å²) < 4.78 is 19.5. The molecule has 0 N–H and O–H groups in total.